The van der Waals surface area contributed by atoms with Crippen molar-refractivity contribution in [3.63, 3.8) is 0 Å². The number of fused-ring (bicyclic) bond motifs is 1. The van der Waals surface area contributed by atoms with E-state index in [-0.39, 0.29) is 11.8 Å². The van der Waals surface area contributed by atoms with Crippen molar-refractivity contribution >= 4 is 17.5 Å². The molecule has 0 saturated heterocycles. The SMILES string of the molecule is CC(=O)Nc1ccc(C(=O)NCc2ccc3c(c2)OCCO3)cc1. The molecule has 2 aromatic rings. The molecule has 0 spiro atoms. The standard InChI is InChI=1S/C18H18N2O4/c1-12(21)20-15-5-3-14(4-6-15)18(22)19-11-13-2-7-16-17(10-13)24-9-8-23-16/h2-7,10H,8-9,11H2,1H3,(H,19,22)(H,20,21). The van der Waals surface area contributed by atoms with Gasteiger partial charge in [0.05, 0.1) is 0 Å². The summed E-state index contributed by atoms with van der Waals surface area (Å²) < 4.78 is 11.0. The molecule has 3 rings (SSSR count). The molecule has 124 valence electrons. The minimum absolute atomic E-state index is 0.147. The molecule has 1 aliphatic heterocycles. The minimum atomic E-state index is -0.181. The van der Waals surface area contributed by atoms with E-state index in [4.69, 9.17) is 9.47 Å². The van der Waals surface area contributed by atoms with E-state index in [1.165, 1.54) is 6.92 Å². The van der Waals surface area contributed by atoms with Crippen molar-refractivity contribution in [1.29, 1.82) is 0 Å². The lowest BCUT2D eigenvalue weighted by atomic mass is 10.1. The number of carbonyl (C=O) groups is 2. The average molecular weight is 326 g/mol. The predicted octanol–water partition coefficient (Wildman–Crippen LogP) is 2.35. The Kier molecular flexibility index (Phi) is 4.65. The van der Waals surface area contributed by atoms with Crippen molar-refractivity contribution in [1.82, 2.24) is 5.32 Å². The molecule has 1 heterocycles. The number of rotatable bonds is 4. The van der Waals surface area contributed by atoms with Crippen LogP contribution in [-0.4, -0.2) is 25.0 Å². The number of ether oxygens (including phenoxy) is 2. The first-order chi connectivity index (χ1) is 11.6. The van der Waals surface area contributed by atoms with Crippen LogP contribution in [-0.2, 0) is 11.3 Å². The first kappa shape index (κ1) is 15.9. The molecule has 2 aromatic carbocycles. The zero-order valence-corrected chi connectivity index (χ0v) is 13.3. The van der Waals surface area contributed by atoms with Crippen molar-refractivity contribution in [2.75, 3.05) is 18.5 Å². The van der Waals surface area contributed by atoms with Gasteiger partial charge in [-0.1, -0.05) is 6.07 Å². The lowest BCUT2D eigenvalue weighted by Crippen LogP contribution is -2.23. The highest BCUT2D eigenvalue weighted by molar-refractivity contribution is 5.95. The van der Waals surface area contributed by atoms with Crippen LogP contribution in [0.2, 0.25) is 0 Å². The molecular formula is C18H18N2O4. The Morgan fingerprint density at radius 1 is 1.00 bits per heavy atom. The summed E-state index contributed by atoms with van der Waals surface area (Å²) in [5.41, 5.74) is 2.12. The van der Waals surface area contributed by atoms with Crippen LogP contribution in [0.5, 0.6) is 11.5 Å². The first-order valence-electron chi connectivity index (χ1n) is 7.66. The molecule has 0 radical (unpaired) electrons. The lowest BCUT2D eigenvalue weighted by molar-refractivity contribution is -0.114. The van der Waals surface area contributed by atoms with E-state index in [9.17, 15) is 9.59 Å². The zero-order valence-electron chi connectivity index (χ0n) is 13.3. The Bertz CT molecular complexity index is 756. The number of amides is 2. The number of anilines is 1. The van der Waals surface area contributed by atoms with Crippen molar-refractivity contribution in [3.8, 4) is 11.5 Å². The van der Waals surface area contributed by atoms with Gasteiger partial charge in [0.15, 0.2) is 11.5 Å². The summed E-state index contributed by atoms with van der Waals surface area (Å²) in [6, 6.07) is 12.3. The molecule has 6 heteroatoms. The quantitative estimate of drug-likeness (QED) is 0.904. The Morgan fingerprint density at radius 2 is 1.71 bits per heavy atom. The summed E-state index contributed by atoms with van der Waals surface area (Å²) in [5.74, 6) is 1.10. The molecule has 0 fully saturated rings. The van der Waals surface area contributed by atoms with Gasteiger partial charge in [-0.3, -0.25) is 9.59 Å². The van der Waals surface area contributed by atoms with E-state index in [1.54, 1.807) is 24.3 Å². The first-order valence-corrected chi connectivity index (χ1v) is 7.66. The van der Waals surface area contributed by atoms with E-state index < -0.39 is 0 Å². The van der Waals surface area contributed by atoms with E-state index in [1.807, 2.05) is 18.2 Å². The summed E-state index contributed by atoms with van der Waals surface area (Å²) in [6.45, 7) is 2.91. The fourth-order valence-corrected chi connectivity index (χ4v) is 2.39. The molecule has 0 atom stereocenters. The molecule has 6 nitrogen and oxygen atoms in total. The number of nitrogens with one attached hydrogen (secondary N) is 2. The van der Waals surface area contributed by atoms with Gasteiger partial charge < -0.3 is 20.1 Å². The number of carbonyl (C=O) groups excluding carboxylic acids is 2. The van der Waals surface area contributed by atoms with Crippen molar-refractivity contribution in [2.24, 2.45) is 0 Å². The summed E-state index contributed by atoms with van der Waals surface area (Å²) in [6.07, 6.45) is 0. The Balaban J connectivity index is 1.60. The monoisotopic (exact) mass is 326 g/mol. The third kappa shape index (κ3) is 3.84. The van der Waals surface area contributed by atoms with Gasteiger partial charge in [-0.05, 0) is 42.0 Å². The topological polar surface area (TPSA) is 76.7 Å². The van der Waals surface area contributed by atoms with Crippen LogP contribution >= 0.6 is 0 Å². The molecule has 24 heavy (non-hydrogen) atoms. The van der Waals surface area contributed by atoms with Crippen LogP contribution in [0.3, 0.4) is 0 Å². The normalized spacial score (nSPS) is 12.4. The summed E-state index contributed by atoms with van der Waals surface area (Å²) in [7, 11) is 0. The van der Waals surface area contributed by atoms with Gasteiger partial charge in [0.2, 0.25) is 5.91 Å². The van der Waals surface area contributed by atoms with Crippen molar-refractivity contribution in [2.45, 2.75) is 13.5 Å². The Labute approximate surface area is 139 Å². The summed E-state index contributed by atoms with van der Waals surface area (Å²) in [4.78, 5) is 23.2. The van der Waals surface area contributed by atoms with Crippen LogP contribution in [0.25, 0.3) is 0 Å². The smallest absolute Gasteiger partial charge is 0.251 e. The molecular weight excluding hydrogens is 308 g/mol. The van der Waals surface area contributed by atoms with E-state index in [0.717, 1.165) is 11.3 Å². The number of hydrogen-bond acceptors (Lipinski definition) is 4. The van der Waals surface area contributed by atoms with Crippen LogP contribution in [0.1, 0.15) is 22.8 Å². The second-order valence-electron chi connectivity index (χ2n) is 5.42. The predicted molar refractivity (Wildman–Crippen MR) is 89.3 cm³/mol. The van der Waals surface area contributed by atoms with Gasteiger partial charge in [-0.25, -0.2) is 0 Å². The van der Waals surface area contributed by atoms with Gasteiger partial charge in [0, 0.05) is 24.7 Å². The van der Waals surface area contributed by atoms with Gasteiger partial charge in [0.25, 0.3) is 5.91 Å². The summed E-state index contributed by atoms with van der Waals surface area (Å²) in [5, 5.41) is 5.52. The van der Waals surface area contributed by atoms with Crippen molar-refractivity contribution < 1.29 is 19.1 Å². The second kappa shape index (κ2) is 7.04. The molecule has 0 unspecified atom stereocenters. The third-order valence-electron chi connectivity index (χ3n) is 3.53. The van der Waals surface area contributed by atoms with E-state index in [0.29, 0.717) is 36.8 Å². The second-order valence-corrected chi connectivity index (χ2v) is 5.42. The van der Waals surface area contributed by atoms with Gasteiger partial charge in [0.1, 0.15) is 13.2 Å². The molecule has 2 N–H and O–H groups in total. The highest BCUT2D eigenvalue weighted by atomic mass is 16.6. The minimum Gasteiger partial charge on any atom is -0.486 e. The largest absolute Gasteiger partial charge is 0.486 e. The van der Waals surface area contributed by atoms with E-state index >= 15 is 0 Å². The van der Waals surface area contributed by atoms with Crippen LogP contribution in [0.15, 0.2) is 42.5 Å². The van der Waals surface area contributed by atoms with Gasteiger partial charge >= 0.3 is 0 Å². The fourth-order valence-electron chi connectivity index (χ4n) is 2.39. The van der Waals surface area contributed by atoms with Crippen LogP contribution < -0.4 is 20.1 Å². The highest BCUT2D eigenvalue weighted by Gasteiger charge is 2.12. The number of benzene rings is 2. The van der Waals surface area contributed by atoms with E-state index in [2.05, 4.69) is 10.6 Å². The zero-order chi connectivity index (χ0) is 16.9. The van der Waals surface area contributed by atoms with Crippen LogP contribution in [0, 0.1) is 0 Å². The maximum Gasteiger partial charge on any atom is 0.251 e. The highest BCUT2D eigenvalue weighted by Crippen LogP contribution is 2.30. The van der Waals surface area contributed by atoms with Gasteiger partial charge in [-0.2, -0.15) is 0 Å². The molecule has 0 bridgehead atoms. The summed E-state index contributed by atoms with van der Waals surface area (Å²) >= 11 is 0. The fraction of sp³-hybridized carbons (Fsp3) is 0.222. The molecule has 2 amide bonds. The van der Waals surface area contributed by atoms with Crippen molar-refractivity contribution in [3.05, 3.63) is 53.6 Å². The van der Waals surface area contributed by atoms with Gasteiger partial charge in [-0.15, -0.1) is 0 Å². The third-order valence-corrected chi connectivity index (χ3v) is 3.53. The maximum atomic E-state index is 12.2. The molecule has 0 aromatic heterocycles. The number of hydrogen-bond donors (Lipinski definition) is 2. The Hall–Kier alpha value is -3.02. The van der Waals surface area contributed by atoms with Crippen LogP contribution in [0.4, 0.5) is 5.69 Å². The Morgan fingerprint density at radius 3 is 2.42 bits per heavy atom. The lowest BCUT2D eigenvalue weighted by Gasteiger charge is -2.19. The molecule has 0 aliphatic carbocycles. The molecule has 0 saturated carbocycles. The maximum absolute atomic E-state index is 12.2. The molecule has 1 aliphatic rings. The average Bonchev–Trinajstić information content (AvgIpc) is 2.59.